The molecule has 1 fully saturated rings. The minimum Gasteiger partial charge on any atom is -0.481 e. The number of carboxylic acid groups (broad SMARTS) is 1. The lowest BCUT2D eigenvalue weighted by atomic mass is 10.1. The molecule has 0 unspecified atom stereocenters. The van der Waals surface area contributed by atoms with Gasteiger partial charge >= 0.3 is 0 Å². The van der Waals surface area contributed by atoms with Crippen LogP contribution in [0.5, 0.6) is 0 Å². The Morgan fingerprint density at radius 3 is 2.24 bits per heavy atom. The van der Waals surface area contributed by atoms with Gasteiger partial charge in [0.25, 0.3) is 5.97 Å². The van der Waals surface area contributed by atoms with Crippen LogP contribution < -0.4 is 16.4 Å². The minimum atomic E-state index is -3.66. The summed E-state index contributed by atoms with van der Waals surface area (Å²) in [6.45, 7) is 4.14. The first kappa shape index (κ1) is 30.9. The van der Waals surface area contributed by atoms with Crippen LogP contribution in [0.2, 0.25) is 0 Å². The molecule has 1 heterocycles. The molecule has 0 bridgehead atoms. The van der Waals surface area contributed by atoms with Gasteiger partial charge in [0.1, 0.15) is 12.3 Å². The van der Waals surface area contributed by atoms with Crippen LogP contribution in [-0.4, -0.2) is 67.8 Å². The maximum absolute atomic E-state index is 12.9. The Hall–Kier alpha value is -3.33. The monoisotopic (exact) mass is 611 g/mol. The fraction of sp³-hybridized carbons (Fsp3) is 0.333. The predicted molar refractivity (Wildman–Crippen MR) is 144 cm³/mol. The zero-order valence-electron chi connectivity index (χ0n) is 20.9. The van der Waals surface area contributed by atoms with Crippen molar-refractivity contribution in [3.05, 3.63) is 58.1 Å². The van der Waals surface area contributed by atoms with Gasteiger partial charge in [-0.15, -0.1) is 0 Å². The van der Waals surface area contributed by atoms with E-state index in [1.165, 1.54) is 10.4 Å². The summed E-state index contributed by atoms with van der Waals surface area (Å²) in [4.78, 5) is 33.7. The third kappa shape index (κ3) is 9.20. The van der Waals surface area contributed by atoms with Crippen molar-refractivity contribution in [2.45, 2.75) is 31.2 Å². The third-order valence-corrected chi connectivity index (χ3v) is 8.10. The van der Waals surface area contributed by atoms with E-state index in [9.17, 15) is 18.0 Å². The zero-order valence-corrected chi connectivity index (χ0v) is 23.3. The highest BCUT2D eigenvalue weighted by atomic mass is 79.9. The van der Waals surface area contributed by atoms with Crippen LogP contribution in [0, 0.1) is 5.41 Å². The zero-order chi connectivity index (χ0) is 28.5. The first-order valence-electron chi connectivity index (χ1n) is 11.4. The van der Waals surface area contributed by atoms with E-state index >= 15 is 0 Å². The second-order valence-electron chi connectivity index (χ2n) is 8.23. The number of amidine groups is 1. The van der Waals surface area contributed by atoms with Crippen LogP contribution in [-0.2, 0) is 29.1 Å². The van der Waals surface area contributed by atoms with Crippen molar-refractivity contribution in [2.75, 3.05) is 31.6 Å². The van der Waals surface area contributed by atoms with E-state index < -0.39 is 33.8 Å². The Morgan fingerprint density at radius 2 is 1.71 bits per heavy atom. The quantitative estimate of drug-likeness (QED) is 0.170. The molecule has 6 N–H and O–H groups in total. The molecule has 1 saturated heterocycles. The number of morpholine rings is 1. The fourth-order valence-electron chi connectivity index (χ4n) is 3.38. The smallest absolute Gasteiger partial charge is 0.300 e. The Balaban J connectivity index is 0.00000118. The van der Waals surface area contributed by atoms with Gasteiger partial charge in [0.05, 0.1) is 24.2 Å². The number of aliphatic carboxylic acids is 1. The van der Waals surface area contributed by atoms with Crippen molar-refractivity contribution in [3.8, 4) is 0 Å². The molecular weight excluding hydrogens is 582 g/mol. The van der Waals surface area contributed by atoms with Crippen molar-refractivity contribution in [2.24, 2.45) is 5.73 Å². The van der Waals surface area contributed by atoms with Gasteiger partial charge in [0.15, 0.2) is 0 Å². The summed E-state index contributed by atoms with van der Waals surface area (Å²) >= 11 is 3.34. The van der Waals surface area contributed by atoms with Crippen LogP contribution in [0.15, 0.2) is 51.8 Å². The lowest BCUT2D eigenvalue weighted by Gasteiger charge is -2.26. The molecule has 1 aliphatic rings. The van der Waals surface area contributed by atoms with Gasteiger partial charge in [0, 0.05) is 35.7 Å². The molecule has 2 aromatic rings. The van der Waals surface area contributed by atoms with Crippen LogP contribution in [0.4, 0.5) is 5.69 Å². The molecule has 0 saturated carbocycles. The summed E-state index contributed by atoms with van der Waals surface area (Å²) in [5.41, 5.74) is 7.09. The topological polar surface area (TPSA) is 192 Å². The van der Waals surface area contributed by atoms with Gasteiger partial charge in [-0.1, -0.05) is 6.07 Å². The van der Waals surface area contributed by atoms with Crippen LogP contribution in [0.3, 0.4) is 0 Å². The van der Waals surface area contributed by atoms with Gasteiger partial charge in [-0.05, 0) is 64.8 Å². The van der Waals surface area contributed by atoms with E-state index in [0.29, 0.717) is 47.6 Å². The second kappa shape index (κ2) is 14.0. The number of carbonyl (C=O) groups excluding carboxylic acids is 2. The average Bonchev–Trinajstić information content (AvgIpc) is 2.84. The Labute approximate surface area is 229 Å². The standard InChI is InChI=1S/C22H26BrN5O5S.C2H4O2/c1-14(26-20(29)13-21(30)27-17-5-2-15(3-6-17)22(24)25)16-4-7-19(18(23)12-16)34(31,32)28-8-10-33-11-9-28;1-2(3)4/h2-7,12,14H,8-11,13H2,1H3,(H3,24,25)(H,26,29)(H,27,30);1H3,(H,3,4)/t14-;/m0./s1. The van der Waals surface area contributed by atoms with Crippen LogP contribution >= 0.6 is 15.9 Å². The Kier molecular flexibility index (Phi) is 11.4. The first-order chi connectivity index (χ1) is 17.8. The highest BCUT2D eigenvalue weighted by Gasteiger charge is 2.28. The van der Waals surface area contributed by atoms with Gasteiger partial charge in [-0.25, -0.2) is 8.42 Å². The second-order valence-corrected chi connectivity index (χ2v) is 11.0. The molecule has 1 aliphatic heterocycles. The number of nitrogens with two attached hydrogens (primary N) is 1. The number of halogens is 1. The molecule has 12 nitrogen and oxygen atoms in total. The number of carbonyl (C=O) groups is 3. The number of rotatable bonds is 8. The molecule has 2 amide bonds. The molecule has 0 spiro atoms. The van der Waals surface area contributed by atoms with Crippen molar-refractivity contribution in [1.29, 1.82) is 5.41 Å². The number of amides is 2. The SMILES string of the molecule is CC(=O)O.C[C@H](NC(=O)CC(=O)Nc1ccc(C(=N)N)cc1)c1ccc(S(=O)(=O)N2CCOCC2)c(Br)c1. The van der Waals surface area contributed by atoms with E-state index in [1.54, 1.807) is 43.3 Å². The summed E-state index contributed by atoms with van der Waals surface area (Å²) in [6, 6.07) is 10.7. The van der Waals surface area contributed by atoms with E-state index in [1.807, 2.05) is 0 Å². The predicted octanol–water partition coefficient (Wildman–Crippen LogP) is 2.05. The molecule has 14 heteroatoms. The molecule has 38 heavy (non-hydrogen) atoms. The van der Waals surface area contributed by atoms with Crippen LogP contribution in [0.1, 0.15) is 37.4 Å². The molecule has 1 atom stereocenters. The van der Waals surface area contributed by atoms with E-state index in [2.05, 4.69) is 26.6 Å². The largest absolute Gasteiger partial charge is 0.481 e. The summed E-state index contributed by atoms with van der Waals surface area (Å²) in [7, 11) is -3.66. The molecule has 2 aromatic carbocycles. The van der Waals surface area contributed by atoms with Gasteiger partial charge < -0.3 is 26.2 Å². The van der Waals surface area contributed by atoms with E-state index in [-0.39, 0.29) is 17.2 Å². The summed E-state index contributed by atoms with van der Waals surface area (Å²) in [6.07, 6.45) is -0.385. The number of nitrogens with one attached hydrogen (secondary N) is 3. The summed E-state index contributed by atoms with van der Waals surface area (Å²) in [5, 5.41) is 20.2. The number of anilines is 1. The fourth-order valence-corrected chi connectivity index (χ4v) is 5.85. The van der Waals surface area contributed by atoms with E-state index in [0.717, 1.165) is 6.92 Å². The maximum atomic E-state index is 12.9. The molecule has 3 rings (SSSR count). The number of nitrogen functional groups attached to an aromatic ring is 1. The molecule has 0 radical (unpaired) electrons. The molecular formula is C24H30BrN5O7S. The number of carboxylic acids is 1. The normalized spacial score (nSPS) is 14.4. The Morgan fingerprint density at radius 1 is 1.13 bits per heavy atom. The van der Waals surface area contributed by atoms with Crippen molar-refractivity contribution in [1.82, 2.24) is 9.62 Å². The van der Waals surface area contributed by atoms with Gasteiger partial charge in [0.2, 0.25) is 21.8 Å². The number of benzene rings is 2. The maximum Gasteiger partial charge on any atom is 0.300 e. The lowest BCUT2D eigenvalue weighted by Crippen LogP contribution is -2.40. The van der Waals surface area contributed by atoms with Crippen molar-refractivity contribution in [3.63, 3.8) is 0 Å². The van der Waals surface area contributed by atoms with Gasteiger partial charge in [-0.3, -0.25) is 19.8 Å². The lowest BCUT2D eigenvalue weighted by molar-refractivity contribution is -0.134. The number of hydrogen-bond acceptors (Lipinski definition) is 7. The number of sulfonamides is 1. The highest BCUT2D eigenvalue weighted by molar-refractivity contribution is 9.10. The molecule has 0 aliphatic carbocycles. The highest BCUT2D eigenvalue weighted by Crippen LogP contribution is 2.28. The van der Waals surface area contributed by atoms with Crippen LogP contribution in [0.25, 0.3) is 0 Å². The van der Waals surface area contributed by atoms with Crippen molar-refractivity contribution < 1.29 is 32.6 Å². The van der Waals surface area contributed by atoms with Gasteiger partial charge in [-0.2, -0.15) is 4.31 Å². The van der Waals surface area contributed by atoms with Crippen molar-refractivity contribution >= 4 is 55.3 Å². The summed E-state index contributed by atoms with van der Waals surface area (Å²) < 4.78 is 32.8. The minimum absolute atomic E-state index is 0.0791. The number of ether oxygens (including phenoxy) is 1. The number of nitrogens with zero attached hydrogens (tertiary/aromatic N) is 1. The summed E-state index contributed by atoms with van der Waals surface area (Å²) in [5.74, 6) is -1.88. The first-order valence-corrected chi connectivity index (χ1v) is 13.6. The molecule has 206 valence electrons. The van der Waals surface area contributed by atoms with E-state index in [4.69, 9.17) is 25.8 Å². The third-order valence-electron chi connectivity index (χ3n) is 5.22. The molecule has 0 aromatic heterocycles. The average molecular weight is 613 g/mol. The number of hydrogen-bond donors (Lipinski definition) is 5. The Bertz CT molecular complexity index is 1280.